The lowest BCUT2D eigenvalue weighted by Crippen LogP contribution is -2.12. The summed E-state index contributed by atoms with van der Waals surface area (Å²) in [5.74, 6) is 1.80. The van der Waals surface area contributed by atoms with Crippen molar-refractivity contribution in [3.63, 3.8) is 0 Å². The molecule has 0 spiro atoms. The second-order valence-electron chi connectivity index (χ2n) is 4.96. The predicted octanol–water partition coefficient (Wildman–Crippen LogP) is 2.81. The molecule has 1 N–H and O–H groups in total. The molecule has 1 atom stereocenters. The van der Waals surface area contributed by atoms with Gasteiger partial charge in [-0.2, -0.15) is 4.98 Å². The van der Waals surface area contributed by atoms with Gasteiger partial charge in [0.1, 0.15) is 5.82 Å². The number of thioether (sulfide) groups is 1. The van der Waals surface area contributed by atoms with Gasteiger partial charge in [0.05, 0.1) is 18.3 Å². The van der Waals surface area contributed by atoms with E-state index in [0.717, 1.165) is 17.7 Å². The van der Waals surface area contributed by atoms with Gasteiger partial charge in [0, 0.05) is 4.90 Å². The molecule has 1 aliphatic carbocycles. The second-order valence-corrected chi connectivity index (χ2v) is 6.00. The summed E-state index contributed by atoms with van der Waals surface area (Å²) in [6.07, 6.45) is 2.23. The summed E-state index contributed by atoms with van der Waals surface area (Å²) in [6.45, 7) is 0. The fourth-order valence-electron chi connectivity index (χ4n) is 1.94. The molecular weight excluding hydrogens is 279 g/mol. The van der Waals surface area contributed by atoms with Crippen molar-refractivity contribution >= 4 is 11.8 Å². The summed E-state index contributed by atoms with van der Waals surface area (Å²) in [7, 11) is 0. The third-order valence-electron chi connectivity index (χ3n) is 3.24. The van der Waals surface area contributed by atoms with E-state index < -0.39 is 0 Å². The van der Waals surface area contributed by atoms with Crippen molar-refractivity contribution in [2.75, 3.05) is 0 Å². The summed E-state index contributed by atoms with van der Waals surface area (Å²) in [6, 6.07) is 6.29. The van der Waals surface area contributed by atoms with Crippen molar-refractivity contribution in [3.8, 4) is 0 Å². The van der Waals surface area contributed by atoms with Crippen molar-refractivity contribution in [3.05, 3.63) is 41.8 Å². The largest absolute Gasteiger partial charge is 0.392 e. The van der Waals surface area contributed by atoms with Gasteiger partial charge in [0.2, 0.25) is 5.89 Å². The molecular formula is C14H15FN2O2S. The quantitative estimate of drug-likeness (QED) is 0.830. The molecule has 3 rings (SSSR count). The maximum Gasteiger partial charge on any atom is 0.229 e. The monoisotopic (exact) mass is 294 g/mol. The lowest BCUT2D eigenvalue weighted by Gasteiger charge is -2.03. The Kier molecular flexibility index (Phi) is 4.03. The molecule has 6 heteroatoms. The number of halogens is 1. The highest BCUT2D eigenvalue weighted by atomic mass is 32.2. The van der Waals surface area contributed by atoms with Gasteiger partial charge in [-0.1, -0.05) is 5.16 Å². The van der Waals surface area contributed by atoms with Crippen LogP contribution >= 0.6 is 11.8 Å². The van der Waals surface area contributed by atoms with Crippen LogP contribution in [0.5, 0.6) is 0 Å². The van der Waals surface area contributed by atoms with Crippen LogP contribution in [0.4, 0.5) is 4.39 Å². The van der Waals surface area contributed by atoms with Crippen LogP contribution in [0.2, 0.25) is 0 Å². The Morgan fingerprint density at radius 1 is 1.35 bits per heavy atom. The Bertz CT molecular complexity index is 569. The number of aliphatic hydroxyl groups is 1. The van der Waals surface area contributed by atoms with E-state index in [1.165, 1.54) is 23.9 Å². The van der Waals surface area contributed by atoms with Crippen LogP contribution in [0.25, 0.3) is 0 Å². The second kappa shape index (κ2) is 5.93. The maximum atomic E-state index is 12.8. The Balaban J connectivity index is 1.52. The zero-order valence-corrected chi connectivity index (χ0v) is 11.6. The van der Waals surface area contributed by atoms with Gasteiger partial charge in [-0.15, -0.1) is 11.8 Å². The molecule has 0 saturated heterocycles. The van der Waals surface area contributed by atoms with Crippen molar-refractivity contribution in [2.24, 2.45) is 5.92 Å². The van der Waals surface area contributed by atoms with Gasteiger partial charge in [-0.25, -0.2) is 4.39 Å². The third-order valence-corrected chi connectivity index (χ3v) is 4.25. The van der Waals surface area contributed by atoms with E-state index in [0.29, 0.717) is 29.8 Å². The lowest BCUT2D eigenvalue weighted by molar-refractivity contribution is 0.140. The normalized spacial score (nSPS) is 16.3. The average Bonchev–Trinajstić information content (AvgIpc) is 3.20. The van der Waals surface area contributed by atoms with Crippen molar-refractivity contribution in [1.29, 1.82) is 0 Å². The molecule has 1 aromatic carbocycles. The molecule has 1 heterocycles. The first-order valence-electron chi connectivity index (χ1n) is 6.58. The van der Waals surface area contributed by atoms with Crippen molar-refractivity contribution in [2.45, 2.75) is 36.0 Å². The first-order valence-corrected chi connectivity index (χ1v) is 7.57. The molecule has 0 amide bonds. The number of aromatic nitrogens is 2. The van der Waals surface area contributed by atoms with Gasteiger partial charge in [0.25, 0.3) is 0 Å². The number of benzene rings is 1. The number of hydrogen-bond donors (Lipinski definition) is 1. The van der Waals surface area contributed by atoms with Crippen LogP contribution in [-0.4, -0.2) is 21.4 Å². The highest BCUT2D eigenvalue weighted by molar-refractivity contribution is 7.98. The summed E-state index contributed by atoms with van der Waals surface area (Å²) < 4.78 is 17.9. The van der Waals surface area contributed by atoms with Crippen LogP contribution in [-0.2, 0) is 12.2 Å². The summed E-state index contributed by atoms with van der Waals surface area (Å²) in [4.78, 5) is 5.21. The molecule has 0 aliphatic heterocycles. The molecule has 1 unspecified atom stereocenters. The minimum Gasteiger partial charge on any atom is -0.392 e. The molecule has 2 aromatic rings. The zero-order valence-electron chi connectivity index (χ0n) is 10.8. The summed E-state index contributed by atoms with van der Waals surface area (Å²) in [5, 5.41) is 13.7. The third kappa shape index (κ3) is 3.58. The summed E-state index contributed by atoms with van der Waals surface area (Å²) in [5.41, 5.74) is 0. The first-order chi connectivity index (χ1) is 9.70. The minimum atomic E-state index is -0.368. The molecule has 106 valence electrons. The molecule has 1 aromatic heterocycles. The fourth-order valence-corrected chi connectivity index (χ4v) is 2.68. The van der Waals surface area contributed by atoms with Crippen LogP contribution in [0.1, 0.15) is 24.6 Å². The van der Waals surface area contributed by atoms with Gasteiger partial charge >= 0.3 is 0 Å². The minimum absolute atomic E-state index is 0.245. The highest BCUT2D eigenvalue weighted by Gasteiger charge is 2.30. The van der Waals surface area contributed by atoms with Crippen LogP contribution in [0.15, 0.2) is 33.7 Å². The number of aliphatic hydroxyl groups excluding tert-OH is 1. The van der Waals surface area contributed by atoms with Crippen molar-refractivity contribution in [1.82, 2.24) is 10.1 Å². The van der Waals surface area contributed by atoms with Gasteiger partial charge < -0.3 is 9.63 Å². The van der Waals surface area contributed by atoms with Gasteiger partial charge in [-0.3, -0.25) is 0 Å². The first kappa shape index (κ1) is 13.6. The molecule has 1 aliphatic rings. The zero-order chi connectivity index (χ0) is 13.9. The number of nitrogens with zero attached hydrogens (tertiary/aromatic N) is 2. The van der Waals surface area contributed by atoms with E-state index in [4.69, 9.17) is 4.52 Å². The van der Waals surface area contributed by atoms with Gasteiger partial charge in [0.15, 0.2) is 5.82 Å². The number of hydrogen-bond acceptors (Lipinski definition) is 5. The van der Waals surface area contributed by atoms with Crippen LogP contribution in [0, 0.1) is 11.7 Å². The average molecular weight is 294 g/mol. The van der Waals surface area contributed by atoms with E-state index in [9.17, 15) is 9.50 Å². The molecule has 1 fully saturated rings. The van der Waals surface area contributed by atoms with E-state index >= 15 is 0 Å². The molecule has 0 radical (unpaired) electrons. The Hall–Kier alpha value is -1.40. The Morgan fingerprint density at radius 2 is 2.10 bits per heavy atom. The Labute approximate surface area is 120 Å². The highest BCUT2D eigenvalue weighted by Crippen LogP contribution is 2.33. The van der Waals surface area contributed by atoms with E-state index in [1.54, 1.807) is 12.1 Å². The van der Waals surface area contributed by atoms with Crippen LogP contribution in [0.3, 0.4) is 0 Å². The summed E-state index contributed by atoms with van der Waals surface area (Å²) >= 11 is 1.52. The maximum absolute atomic E-state index is 12.8. The lowest BCUT2D eigenvalue weighted by atomic mass is 10.2. The van der Waals surface area contributed by atoms with Crippen LogP contribution < -0.4 is 0 Å². The smallest absolute Gasteiger partial charge is 0.229 e. The van der Waals surface area contributed by atoms with E-state index in [1.807, 2.05) is 0 Å². The SMILES string of the molecule is OC(Cc1nc(CSc2ccc(F)cc2)no1)C1CC1. The molecule has 0 bridgehead atoms. The van der Waals surface area contributed by atoms with Gasteiger partial charge in [-0.05, 0) is 43.0 Å². The predicted molar refractivity (Wildman–Crippen MR) is 72.7 cm³/mol. The molecule has 4 nitrogen and oxygen atoms in total. The molecule has 1 saturated carbocycles. The topological polar surface area (TPSA) is 59.2 Å². The van der Waals surface area contributed by atoms with E-state index in [-0.39, 0.29) is 11.9 Å². The Morgan fingerprint density at radius 3 is 2.80 bits per heavy atom. The standard InChI is InChI=1S/C14H15FN2O2S/c15-10-3-5-11(6-4-10)20-8-13-16-14(19-17-13)7-12(18)9-1-2-9/h3-6,9,12,18H,1-2,7-8H2. The van der Waals surface area contributed by atoms with E-state index in [2.05, 4.69) is 10.1 Å². The number of rotatable bonds is 6. The molecule has 20 heavy (non-hydrogen) atoms. The fraction of sp³-hybridized carbons (Fsp3) is 0.429. The van der Waals surface area contributed by atoms with Crippen molar-refractivity contribution < 1.29 is 14.0 Å².